The van der Waals surface area contributed by atoms with Gasteiger partial charge in [-0.25, -0.2) is 4.98 Å². The summed E-state index contributed by atoms with van der Waals surface area (Å²) in [5.74, 6) is 1.31. The van der Waals surface area contributed by atoms with Crippen molar-refractivity contribution in [3.63, 3.8) is 0 Å². The Morgan fingerprint density at radius 3 is 2.75 bits per heavy atom. The number of benzene rings is 2. The monoisotopic (exact) mass is 267 g/mol. The predicted octanol–water partition coefficient (Wildman–Crippen LogP) is 2.98. The molecule has 20 heavy (non-hydrogen) atoms. The minimum atomic E-state index is 0.525. The molecule has 102 valence electrons. The molecule has 3 aromatic rings. The van der Waals surface area contributed by atoms with Gasteiger partial charge in [0.05, 0.1) is 24.7 Å². The number of methoxy groups -OCH3 is 1. The zero-order valence-corrected chi connectivity index (χ0v) is 11.6. The van der Waals surface area contributed by atoms with E-state index in [1.54, 1.807) is 7.11 Å². The van der Waals surface area contributed by atoms with Gasteiger partial charge in [0.1, 0.15) is 5.75 Å². The number of hydrogen-bond donors (Lipinski definition) is 1. The van der Waals surface area contributed by atoms with Gasteiger partial charge in [-0.15, -0.1) is 0 Å². The van der Waals surface area contributed by atoms with Crippen LogP contribution in [0.3, 0.4) is 0 Å². The van der Waals surface area contributed by atoms with E-state index in [0.29, 0.717) is 5.95 Å². The summed E-state index contributed by atoms with van der Waals surface area (Å²) in [5, 5.41) is 0. The van der Waals surface area contributed by atoms with E-state index < -0.39 is 0 Å². The van der Waals surface area contributed by atoms with E-state index >= 15 is 0 Å². The fraction of sp³-hybridized carbons (Fsp3) is 0.188. The smallest absolute Gasteiger partial charge is 0.201 e. The highest BCUT2D eigenvalue weighted by Crippen LogP contribution is 2.24. The number of aryl methyl sites for hydroxylation is 1. The number of aromatic nitrogens is 2. The van der Waals surface area contributed by atoms with Crippen LogP contribution in [0.15, 0.2) is 42.5 Å². The quantitative estimate of drug-likeness (QED) is 0.793. The molecule has 0 aliphatic carbocycles. The van der Waals surface area contributed by atoms with Gasteiger partial charge in [0.15, 0.2) is 0 Å². The molecule has 0 aliphatic heterocycles. The van der Waals surface area contributed by atoms with E-state index in [-0.39, 0.29) is 0 Å². The van der Waals surface area contributed by atoms with Crippen LogP contribution in [-0.4, -0.2) is 16.7 Å². The molecule has 0 radical (unpaired) electrons. The summed E-state index contributed by atoms with van der Waals surface area (Å²) >= 11 is 0. The Kier molecular flexibility index (Phi) is 3.06. The molecule has 0 unspecified atom stereocenters. The molecule has 0 spiro atoms. The summed E-state index contributed by atoms with van der Waals surface area (Å²) in [6.45, 7) is 2.83. The fourth-order valence-corrected chi connectivity index (χ4v) is 2.38. The molecule has 0 fully saturated rings. The van der Waals surface area contributed by atoms with Crippen LogP contribution in [-0.2, 0) is 6.54 Å². The third-order valence-corrected chi connectivity index (χ3v) is 3.57. The van der Waals surface area contributed by atoms with E-state index in [1.165, 1.54) is 11.1 Å². The summed E-state index contributed by atoms with van der Waals surface area (Å²) in [5.41, 5.74) is 10.4. The zero-order chi connectivity index (χ0) is 14.1. The van der Waals surface area contributed by atoms with Crippen LogP contribution in [0.25, 0.3) is 11.0 Å². The standard InChI is InChI=1S/C16H17N3O/c1-11-5-3-4-6-12(11)10-19-15-8-7-13(20-2)9-14(15)18-16(19)17/h3-9H,10H2,1-2H3,(H2,17,18). The molecule has 0 saturated heterocycles. The van der Waals surface area contributed by atoms with E-state index in [1.807, 2.05) is 34.9 Å². The number of imidazole rings is 1. The minimum absolute atomic E-state index is 0.525. The van der Waals surface area contributed by atoms with Crippen LogP contribution >= 0.6 is 0 Å². The molecular weight excluding hydrogens is 250 g/mol. The second-order valence-electron chi connectivity index (χ2n) is 4.84. The van der Waals surface area contributed by atoms with Gasteiger partial charge >= 0.3 is 0 Å². The van der Waals surface area contributed by atoms with E-state index in [4.69, 9.17) is 10.5 Å². The average molecular weight is 267 g/mol. The summed E-state index contributed by atoms with van der Waals surface area (Å²) in [4.78, 5) is 4.41. The minimum Gasteiger partial charge on any atom is -0.497 e. The molecular formula is C16H17N3O. The zero-order valence-electron chi connectivity index (χ0n) is 11.6. The van der Waals surface area contributed by atoms with Gasteiger partial charge in [-0.3, -0.25) is 0 Å². The van der Waals surface area contributed by atoms with E-state index in [2.05, 4.69) is 24.0 Å². The van der Waals surface area contributed by atoms with Gasteiger partial charge in [-0.1, -0.05) is 24.3 Å². The maximum atomic E-state index is 6.05. The van der Waals surface area contributed by atoms with Crippen molar-refractivity contribution in [2.75, 3.05) is 12.8 Å². The highest BCUT2D eigenvalue weighted by atomic mass is 16.5. The van der Waals surface area contributed by atoms with Crippen LogP contribution in [0.4, 0.5) is 5.95 Å². The van der Waals surface area contributed by atoms with Crippen LogP contribution in [0.5, 0.6) is 5.75 Å². The lowest BCUT2D eigenvalue weighted by atomic mass is 10.1. The first kappa shape index (κ1) is 12.5. The molecule has 2 N–H and O–H groups in total. The molecule has 2 aromatic carbocycles. The molecule has 0 saturated carbocycles. The summed E-state index contributed by atoms with van der Waals surface area (Å²) in [6.07, 6.45) is 0. The highest BCUT2D eigenvalue weighted by Gasteiger charge is 2.10. The van der Waals surface area contributed by atoms with Crippen molar-refractivity contribution in [2.24, 2.45) is 0 Å². The molecule has 0 atom stereocenters. The Morgan fingerprint density at radius 1 is 1.20 bits per heavy atom. The maximum absolute atomic E-state index is 6.05. The largest absolute Gasteiger partial charge is 0.497 e. The van der Waals surface area contributed by atoms with Crippen molar-refractivity contribution in [1.29, 1.82) is 0 Å². The number of fused-ring (bicyclic) bond motifs is 1. The first-order valence-electron chi connectivity index (χ1n) is 6.53. The number of rotatable bonds is 3. The van der Waals surface area contributed by atoms with Crippen molar-refractivity contribution in [3.05, 3.63) is 53.6 Å². The van der Waals surface area contributed by atoms with Gasteiger partial charge in [-0.2, -0.15) is 0 Å². The second-order valence-corrected chi connectivity index (χ2v) is 4.84. The SMILES string of the molecule is COc1ccc2c(c1)nc(N)n2Cc1ccccc1C. The summed E-state index contributed by atoms with van der Waals surface area (Å²) < 4.78 is 7.24. The third-order valence-electron chi connectivity index (χ3n) is 3.57. The van der Waals surface area contributed by atoms with Gasteiger partial charge in [0.25, 0.3) is 0 Å². The van der Waals surface area contributed by atoms with Gasteiger partial charge in [-0.05, 0) is 30.2 Å². The Morgan fingerprint density at radius 2 is 2.00 bits per heavy atom. The lowest BCUT2D eigenvalue weighted by Crippen LogP contribution is -2.05. The van der Waals surface area contributed by atoms with E-state index in [9.17, 15) is 0 Å². The Hall–Kier alpha value is -2.49. The number of nitrogens with zero attached hydrogens (tertiary/aromatic N) is 2. The van der Waals surface area contributed by atoms with Crippen LogP contribution < -0.4 is 10.5 Å². The molecule has 1 heterocycles. The number of ether oxygens (including phenoxy) is 1. The number of nitrogens with two attached hydrogens (primary N) is 1. The summed E-state index contributed by atoms with van der Waals surface area (Å²) in [7, 11) is 1.65. The molecule has 4 heteroatoms. The van der Waals surface area contributed by atoms with Gasteiger partial charge in [0, 0.05) is 6.07 Å². The van der Waals surface area contributed by atoms with Gasteiger partial charge < -0.3 is 15.0 Å². The normalized spacial score (nSPS) is 10.9. The Labute approximate surface area is 117 Å². The first-order valence-corrected chi connectivity index (χ1v) is 6.53. The fourth-order valence-electron chi connectivity index (χ4n) is 2.38. The first-order chi connectivity index (χ1) is 9.69. The summed E-state index contributed by atoms with van der Waals surface area (Å²) in [6, 6.07) is 14.1. The lowest BCUT2D eigenvalue weighted by Gasteiger charge is -2.09. The second kappa shape index (κ2) is 4.89. The molecule has 0 aliphatic rings. The number of nitrogen functional groups attached to an aromatic ring is 1. The Bertz CT molecular complexity index is 762. The highest BCUT2D eigenvalue weighted by molar-refractivity contribution is 5.80. The molecule has 1 aromatic heterocycles. The van der Waals surface area contributed by atoms with Crippen molar-refractivity contribution < 1.29 is 4.74 Å². The maximum Gasteiger partial charge on any atom is 0.201 e. The van der Waals surface area contributed by atoms with Crippen molar-refractivity contribution in [3.8, 4) is 5.75 Å². The number of hydrogen-bond acceptors (Lipinski definition) is 3. The van der Waals surface area contributed by atoms with Crippen LogP contribution in [0.1, 0.15) is 11.1 Å². The van der Waals surface area contributed by atoms with Crippen LogP contribution in [0, 0.1) is 6.92 Å². The molecule has 0 amide bonds. The van der Waals surface area contributed by atoms with Crippen molar-refractivity contribution >= 4 is 17.0 Å². The molecule has 3 rings (SSSR count). The van der Waals surface area contributed by atoms with Crippen LogP contribution in [0.2, 0.25) is 0 Å². The number of anilines is 1. The topological polar surface area (TPSA) is 53.1 Å². The predicted molar refractivity (Wildman–Crippen MR) is 81.0 cm³/mol. The molecule has 4 nitrogen and oxygen atoms in total. The average Bonchev–Trinajstić information content (AvgIpc) is 2.76. The van der Waals surface area contributed by atoms with Crippen molar-refractivity contribution in [2.45, 2.75) is 13.5 Å². The van der Waals surface area contributed by atoms with Crippen molar-refractivity contribution in [1.82, 2.24) is 9.55 Å². The van der Waals surface area contributed by atoms with E-state index in [0.717, 1.165) is 23.3 Å². The third kappa shape index (κ3) is 2.09. The lowest BCUT2D eigenvalue weighted by molar-refractivity contribution is 0.415. The Balaban J connectivity index is 2.07. The van der Waals surface area contributed by atoms with Gasteiger partial charge in [0.2, 0.25) is 5.95 Å². The molecule has 0 bridgehead atoms.